The van der Waals surface area contributed by atoms with Crippen molar-refractivity contribution in [2.24, 2.45) is 0 Å². The lowest BCUT2D eigenvalue weighted by molar-refractivity contribution is 0.174. The third-order valence-corrected chi connectivity index (χ3v) is 3.32. The van der Waals surface area contributed by atoms with E-state index in [1.165, 1.54) is 0 Å². The lowest BCUT2D eigenvalue weighted by Gasteiger charge is -2.24. The van der Waals surface area contributed by atoms with Crippen LogP contribution in [0.1, 0.15) is 25.0 Å². The SMILES string of the molecule is CC[C@H](O)c1ccccc1N(C)CCSC. The van der Waals surface area contributed by atoms with E-state index >= 15 is 0 Å². The van der Waals surface area contributed by atoms with E-state index in [1.807, 2.05) is 36.9 Å². The van der Waals surface area contributed by atoms with Crippen molar-refractivity contribution in [1.82, 2.24) is 0 Å². The van der Waals surface area contributed by atoms with Crippen molar-refractivity contribution in [2.75, 3.05) is 30.5 Å². The number of thioether (sulfide) groups is 1. The van der Waals surface area contributed by atoms with Gasteiger partial charge in [0.15, 0.2) is 0 Å². The van der Waals surface area contributed by atoms with Gasteiger partial charge in [0.05, 0.1) is 6.10 Å². The smallest absolute Gasteiger partial charge is 0.0807 e. The Hall–Kier alpha value is -0.670. The van der Waals surface area contributed by atoms with Crippen LogP contribution in [0.3, 0.4) is 0 Å². The summed E-state index contributed by atoms with van der Waals surface area (Å²) in [5.74, 6) is 1.10. The molecule has 0 aliphatic carbocycles. The first-order valence-electron chi connectivity index (χ1n) is 5.67. The van der Waals surface area contributed by atoms with E-state index in [9.17, 15) is 5.11 Å². The second-order valence-electron chi connectivity index (χ2n) is 3.90. The first kappa shape index (κ1) is 13.4. The lowest BCUT2D eigenvalue weighted by atomic mass is 10.0. The molecule has 16 heavy (non-hydrogen) atoms. The van der Waals surface area contributed by atoms with Crippen LogP contribution in [0.4, 0.5) is 5.69 Å². The Kier molecular flexibility index (Phi) is 5.71. The number of para-hydroxylation sites is 1. The van der Waals surface area contributed by atoms with E-state index in [4.69, 9.17) is 0 Å². The van der Waals surface area contributed by atoms with Crippen molar-refractivity contribution < 1.29 is 5.11 Å². The molecule has 0 saturated heterocycles. The average Bonchev–Trinajstić information content (AvgIpc) is 2.35. The number of anilines is 1. The molecule has 0 radical (unpaired) electrons. The van der Waals surface area contributed by atoms with Crippen molar-refractivity contribution in [3.63, 3.8) is 0 Å². The van der Waals surface area contributed by atoms with E-state index in [1.54, 1.807) is 0 Å². The van der Waals surface area contributed by atoms with Crippen LogP contribution < -0.4 is 4.90 Å². The Morgan fingerprint density at radius 2 is 2.06 bits per heavy atom. The molecule has 2 nitrogen and oxygen atoms in total. The normalized spacial score (nSPS) is 12.5. The van der Waals surface area contributed by atoms with Crippen LogP contribution in [0.5, 0.6) is 0 Å². The number of nitrogens with zero attached hydrogens (tertiary/aromatic N) is 1. The standard InChI is InChI=1S/C13H21NOS/c1-4-13(15)11-7-5-6-8-12(11)14(2)9-10-16-3/h5-8,13,15H,4,9-10H2,1-3H3/t13-/m0/s1. The summed E-state index contributed by atoms with van der Waals surface area (Å²) in [7, 11) is 2.08. The quantitative estimate of drug-likeness (QED) is 0.825. The third kappa shape index (κ3) is 3.42. The Balaban J connectivity index is 2.85. The van der Waals surface area contributed by atoms with Crippen LogP contribution in [0.15, 0.2) is 24.3 Å². The Bertz CT molecular complexity index is 317. The molecular formula is C13H21NOS. The van der Waals surface area contributed by atoms with Gasteiger partial charge in [0, 0.05) is 30.6 Å². The minimum absolute atomic E-state index is 0.354. The molecule has 0 spiro atoms. The first-order valence-corrected chi connectivity index (χ1v) is 7.07. The zero-order valence-electron chi connectivity index (χ0n) is 10.3. The van der Waals surface area contributed by atoms with Crippen LogP contribution in [0, 0.1) is 0 Å². The number of hydrogen-bond acceptors (Lipinski definition) is 3. The van der Waals surface area contributed by atoms with Gasteiger partial charge in [0.1, 0.15) is 0 Å². The number of hydrogen-bond donors (Lipinski definition) is 1. The molecule has 0 bridgehead atoms. The maximum Gasteiger partial charge on any atom is 0.0807 e. The molecule has 0 fully saturated rings. The molecule has 1 atom stereocenters. The van der Waals surface area contributed by atoms with E-state index in [0.717, 1.165) is 30.0 Å². The van der Waals surface area contributed by atoms with Gasteiger partial charge in [-0.25, -0.2) is 0 Å². The van der Waals surface area contributed by atoms with Crippen LogP contribution in [-0.2, 0) is 0 Å². The van der Waals surface area contributed by atoms with Gasteiger partial charge in [-0.15, -0.1) is 0 Å². The van der Waals surface area contributed by atoms with Crippen molar-refractivity contribution in [1.29, 1.82) is 0 Å². The van der Waals surface area contributed by atoms with Gasteiger partial charge in [0.2, 0.25) is 0 Å². The first-order chi connectivity index (χ1) is 7.70. The Labute approximate surface area is 103 Å². The molecule has 0 heterocycles. The molecule has 0 aliphatic rings. The van der Waals surface area contributed by atoms with Crippen molar-refractivity contribution in [2.45, 2.75) is 19.4 Å². The molecule has 3 heteroatoms. The molecule has 1 aromatic rings. The van der Waals surface area contributed by atoms with E-state index < -0.39 is 0 Å². The topological polar surface area (TPSA) is 23.5 Å². The van der Waals surface area contributed by atoms with Crippen molar-refractivity contribution >= 4 is 17.4 Å². The molecule has 0 amide bonds. The van der Waals surface area contributed by atoms with Gasteiger partial charge in [0.25, 0.3) is 0 Å². The van der Waals surface area contributed by atoms with Crippen molar-refractivity contribution in [3.8, 4) is 0 Å². The van der Waals surface area contributed by atoms with Gasteiger partial charge in [-0.2, -0.15) is 11.8 Å². The molecule has 1 aromatic carbocycles. The number of aliphatic hydroxyl groups excluding tert-OH is 1. The highest BCUT2D eigenvalue weighted by molar-refractivity contribution is 7.98. The predicted octanol–water partition coefficient (Wildman–Crippen LogP) is 2.93. The summed E-state index contributed by atoms with van der Waals surface area (Å²) in [5.41, 5.74) is 2.18. The van der Waals surface area contributed by atoms with Crippen molar-refractivity contribution in [3.05, 3.63) is 29.8 Å². The minimum atomic E-state index is -0.354. The fourth-order valence-corrected chi connectivity index (χ4v) is 2.14. The van der Waals surface area contributed by atoms with Gasteiger partial charge in [-0.1, -0.05) is 25.1 Å². The van der Waals surface area contributed by atoms with Gasteiger partial charge in [-0.3, -0.25) is 0 Å². The van der Waals surface area contributed by atoms with Gasteiger partial charge < -0.3 is 10.0 Å². The Morgan fingerprint density at radius 1 is 1.38 bits per heavy atom. The second-order valence-corrected chi connectivity index (χ2v) is 4.88. The zero-order chi connectivity index (χ0) is 12.0. The summed E-state index contributed by atoms with van der Waals surface area (Å²) in [6, 6.07) is 8.10. The fraction of sp³-hybridized carbons (Fsp3) is 0.538. The van der Waals surface area contributed by atoms with Crippen LogP contribution in [0.2, 0.25) is 0 Å². The minimum Gasteiger partial charge on any atom is -0.388 e. The van der Waals surface area contributed by atoms with E-state index in [0.29, 0.717) is 0 Å². The monoisotopic (exact) mass is 239 g/mol. The summed E-state index contributed by atoms with van der Waals surface area (Å²) in [4.78, 5) is 2.21. The third-order valence-electron chi connectivity index (χ3n) is 2.72. The summed E-state index contributed by atoms with van der Waals surface area (Å²) in [6.07, 6.45) is 2.52. The second kappa shape index (κ2) is 6.81. The Morgan fingerprint density at radius 3 is 2.69 bits per heavy atom. The maximum atomic E-state index is 9.95. The molecule has 0 unspecified atom stereocenters. The lowest BCUT2D eigenvalue weighted by Crippen LogP contribution is -2.22. The van der Waals surface area contributed by atoms with Crippen LogP contribution >= 0.6 is 11.8 Å². The highest BCUT2D eigenvalue weighted by Gasteiger charge is 2.12. The largest absolute Gasteiger partial charge is 0.388 e. The number of benzene rings is 1. The summed E-state index contributed by atoms with van der Waals surface area (Å²) in [5, 5.41) is 9.95. The fourth-order valence-electron chi connectivity index (χ4n) is 1.69. The summed E-state index contributed by atoms with van der Waals surface area (Å²) in [6.45, 7) is 3.01. The molecule has 0 saturated carbocycles. The highest BCUT2D eigenvalue weighted by Crippen LogP contribution is 2.27. The summed E-state index contributed by atoms with van der Waals surface area (Å²) < 4.78 is 0. The van der Waals surface area contributed by atoms with Crippen LogP contribution in [-0.4, -0.2) is 30.7 Å². The summed E-state index contributed by atoms with van der Waals surface area (Å²) >= 11 is 1.84. The molecule has 1 rings (SSSR count). The van der Waals surface area contributed by atoms with Gasteiger partial charge in [-0.05, 0) is 18.7 Å². The molecule has 0 aromatic heterocycles. The van der Waals surface area contributed by atoms with E-state index in [-0.39, 0.29) is 6.10 Å². The molecule has 1 N–H and O–H groups in total. The highest BCUT2D eigenvalue weighted by atomic mass is 32.2. The predicted molar refractivity (Wildman–Crippen MR) is 73.3 cm³/mol. The van der Waals surface area contributed by atoms with E-state index in [2.05, 4.69) is 24.3 Å². The molecule has 90 valence electrons. The number of aliphatic hydroxyl groups is 1. The van der Waals surface area contributed by atoms with Crippen LogP contribution in [0.25, 0.3) is 0 Å². The zero-order valence-corrected chi connectivity index (χ0v) is 11.1. The average molecular weight is 239 g/mol. The molecular weight excluding hydrogens is 218 g/mol. The molecule has 0 aliphatic heterocycles. The van der Waals surface area contributed by atoms with Gasteiger partial charge >= 0.3 is 0 Å². The number of rotatable bonds is 6. The maximum absolute atomic E-state index is 9.95.